The van der Waals surface area contributed by atoms with Crippen LogP contribution < -0.4 is 10.5 Å². The molecule has 1 saturated heterocycles. The molecule has 0 bridgehead atoms. The first-order valence-corrected chi connectivity index (χ1v) is 7.91. The van der Waals surface area contributed by atoms with Crippen LogP contribution in [0.5, 0.6) is 5.75 Å². The quantitative estimate of drug-likeness (QED) is 0.920. The van der Waals surface area contributed by atoms with Crippen LogP contribution in [0.4, 0.5) is 0 Å². The molecule has 0 aromatic heterocycles. The molecule has 1 saturated carbocycles. The highest BCUT2D eigenvalue weighted by Crippen LogP contribution is 2.39. The molecule has 0 amide bonds. The molecule has 1 aliphatic heterocycles. The minimum atomic E-state index is -0.204. The fraction of sp³-hybridized carbons (Fsp3) is 0.647. The van der Waals surface area contributed by atoms with Gasteiger partial charge in [0.25, 0.3) is 0 Å². The van der Waals surface area contributed by atoms with Crippen LogP contribution in [-0.2, 0) is 10.3 Å². The van der Waals surface area contributed by atoms with Gasteiger partial charge in [-0.2, -0.15) is 0 Å². The van der Waals surface area contributed by atoms with Gasteiger partial charge in [-0.3, -0.25) is 0 Å². The third kappa shape index (κ3) is 2.99. The van der Waals surface area contributed by atoms with Crippen molar-refractivity contribution in [3.63, 3.8) is 0 Å². The molecule has 1 aliphatic carbocycles. The van der Waals surface area contributed by atoms with Crippen LogP contribution in [0.15, 0.2) is 24.3 Å². The summed E-state index contributed by atoms with van der Waals surface area (Å²) in [6, 6.07) is 8.31. The summed E-state index contributed by atoms with van der Waals surface area (Å²) < 4.78 is 11.7. The van der Waals surface area contributed by atoms with Gasteiger partial charge in [-0.05, 0) is 31.7 Å². The lowest BCUT2D eigenvalue weighted by atomic mass is 9.77. The van der Waals surface area contributed by atoms with Crippen molar-refractivity contribution in [2.75, 3.05) is 13.2 Å². The molecule has 2 N–H and O–H groups in total. The van der Waals surface area contributed by atoms with E-state index in [4.69, 9.17) is 15.2 Å². The molecule has 0 spiro atoms. The van der Waals surface area contributed by atoms with Crippen LogP contribution in [0.1, 0.15) is 50.5 Å². The molecule has 3 heteroatoms. The van der Waals surface area contributed by atoms with Gasteiger partial charge >= 0.3 is 0 Å². The summed E-state index contributed by atoms with van der Waals surface area (Å²) in [5.41, 5.74) is 7.66. The summed E-state index contributed by atoms with van der Waals surface area (Å²) in [4.78, 5) is 0. The van der Waals surface area contributed by atoms with Crippen molar-refractivity contribution in [1.29, 1.82) is 0 Å². The molecule has 1 aromatic carbocycles. The fourth-order valence-electron chi connectivity index (χ4n) is 3.42. The van der Waals surface area contributed by atoms with Crippen molar-refractivity contribution in [1.82, 2.24) is 0 Å². The number of para-hydroxylation sites is 1. The molecule has 0 radical (unpaired) electrons. The van der Waals surface area contributed by atoms with Crippen LogP contribution >= 0.6 is 0 Å². The average Bonchev–Trinajstić information content (AvgIpc) is 2.49. The summed E-state index contributed by atoms with van der Waals surface area (Å²) in [5.74, 6) is 0.965. The minimum Gasteiger partial charge on any atom is -0.488 e. The predicted molar refractivity (Wildman–Crippen MR) is 79.9 cm³/mol. The van der Waals surface area contributed by atoms with E-state index in [0.29, 0.717) is 6.61 Å². The van der Waals surface area contributed by atoms with Gasteiger partial charge in [0.05, 0.1) is 6.61 Å². The number of hydrogen-bond donors (Lipinski definition) is 1. The van der Waals surface area contributed by atoms with Crippen molar-refractivity contribution in [3.05, 3.63) is 29.8 Å². The van der Waals surface area contributed by atoms with Gasteiger partial charge in [-0.15, -0.1) is 0 Å². The summed E-state index contributed by atoms with van der Waals surface area (Å²) in [7, 11) is 0. The van der Waals surface area contributed by atoms with Gasteiger partial charge in [0.2, 0.25) is 0 Å². The van der Waals surface area contributed by atoms with Gasteiger partial charge in [0.15, 0.2) is 0 Å². The molecule has 1 heterocycles. The van der Waals surface area contributed by atoms with Crippen molar-refractivity contribution in [2.24, 2.45) is 5.73 Å². The molecule has 3 rings (SSSR count). The van der Waals surface area contributed by atoms with Gasteiger partial charge in [0.1, 0.15) is 11.9 Å². The zero-order chi connectivity index (χ0) is 13.8. The smallest absolute Gasteiger partial charge is 0.124 e. The Morgan fingerprint density at radius 3 is 2.65 bits per heavy atom. The Morgan fingerprint density at radius 1 is 1.10 bits per heavy atom. The highest BCUT2D eigenvalue weighted by molar-refractivity contribution is 5.39. The van der Waals surface area contributed by atoms with Gasteiger partial charge < -0.3 is 15.2 Å². The SMILES string of the molecule is NC1(c2ccccc2OC2CCCOC2)CCCCC1. The standard InChI is InChI=1S/C17H25NO2/c18-17(10-4-1-5-11-17)15-8-2-3-9-16(15)20-14-7-6-12-19-13-14/h2-3,8-9,14H,1,4-7,10-13,18H2. The number of nitrogens with two attached hydrogens (primary N) is 1. The third-order valence-electron chi connectivity index (χ3n) is 4.58. The molecular weight excluding hydrogens is 250 g/mol. The number of hydrogen-bond acceptors (Lipinski definition) is 3. The van der Waals surface area contributed by atoms with E-state index in [1.807, 2.05) is 6.07 Å². The Hall–Kier alpha value is -1.06. The summed E-state index contributed by atoms with van der Waals surface area (Å²) in [6.07, 6.45) is 8.21. The molecule has 1 atom stereocenters. The monoisotopic (exact) mass is 275 g/mol. The van der Waals surface area contributed by atoms with Crippen molar-refractivity contribution in [3.8, 4) is 5.75 Å². The fourth-order valence-corrected chi connectivity index (χ4v) is 3.42. The molecule has 1 aromatic rings. The van der Waals surface area contributed by atoms with E-state index in [0.717, 1.165) is 38.0 Å². The van der Waals surface area contributed by atoms with E-state index < -0.39 is 0 Å². The van der Waals surface area contributed by atoms with Crippen molar-refractivity contribution < 1.29 is 9.47 Å². The lowest BCUT2D eigenvalue weighted by Gasteiger charge is -2.36. The van der Waals surface area contributed by atoms with E-state index in [-0.39, 0.29) is 11.6 Å². The number of ether oxygens (including phenoxy) is 2. The van der Waals surface area contributed by atoms with E-state index in [1.54, 1.807) is 0 Å². The van der Waals surface area contributed by atoms with Crippen LogP contribution in [0.3, 0.4) is 0 Å². The first-order valence-electron chi connectivity index (χ1n) is 7.91. The Kier molecular flexibility index (Phi) is 4.27. The Morgan fingerprint density at radius 2 is 1.90 bits per heavy atom. The topological polar surface area (TPSA) is 44.5 Å². The molecule has 3 nitrogen and oxygen atoms in total. The van der Waals surface area contributed by atoms with Gasteiger partial charge in [-0.25, -0.2) is 0 Å². The molecule has 2 fully saturated rings. The van der Waals surface area contributed by atoms with Gasteiger partial charge in [0, 0.05) is 17.7 Å². The maximum absolute atomic E-state index is 6.68. The van der Waals surface area contributed by atoms with Gasteiger partial charge in [-0.1, -0.05) is 37.5 Å². The van der Waals surface area contributed by atoms with E-state index >= 15 is 0 Å². The molecule has 110 valence electrons. The summed E-state index contributed by atoms with van der Waals surface area (Å²) in [6.45, 7) is 1.56. The predicted octanol–water partition coefficient (Wildman–Crippen LogP) is 3.36. The molecular formula is C17H25NO2. The molecule has 1 unspecified atom stereocenters. The lowest BCUT2D eigenvalue weighted by molar-refractivity contribution is 0.00638. The normalized spacial score (nSPS) is 26.1. The number of benzene rings is 1. The highest BCUT2D eigenvalue weighted by Gasteiger charge is 2.32. The van der Waals surface area contributed by atoms with Crippen LogP contribution in [0.2, 0.25) is 0 Å². The Bertz CT molecular complexity index is 434. The largest absolute Gasteiger partial charge is 0.488 e. The minimum absolute atomic E-state index is 0.178. The second kappa shape index (κ2) is 6.15. The lowest BCUT2D eigenvalue weighted by Crippen LogP contribution is -2.39. The second-order valence-corrected chi connectivity index (χ2v) is 6.17. The maximum atomic E-state index is 6.68. The highest BCUT2D eigenvalue weighted by atomic mass is 16.5. The first-order chi connectivity index (χ1) is 9.78. The summed E-state index contributed by atoms with van der Waals surface area (Å²) in [5, 5.41) is 0. The van der Waals surface area contributed by atoms with Crippen molar-refractivity contribution in [2.45, 2.75) is 56.6 Å². The zero-order valence-corrected chi connectivity index (χ0v) is 12.1. The maximum Gasteiger partial charge on any atom is 0.124 e. The Balaban J connectivity index is 1.80. The first kappa shape index (κ1) is 13.9. The summed E-state index contributed by atoms with van der Waals surface area (Å²) >= 11 is 0. The van der Waals surface area contributed by atoms with E-state index in [2.05, 4.69) is 18.2 Å². The van der Waals surface area contributed by atoms with E-state index in [9.17, 15) is 0 Å². The number of rotatable bonds is 3. The zero-order valence-electron chi connectivity index (χ0n) is 12.1. The third-order valence-corrected chi connectivity index (χ3v) is 4.58. The van der Waals surface area contributed by atoms with Crippen molar-refractivity contribution >= 4 is 0 Å². The molecule has 20 heavy (non-hydrogen) atoms. The van der Waals surface area contributed by atoms with E-state index in [1.165, 1.54) is 24.8 Å². The average molecular weight is 275 g/mol. The van der Waals surface area contributed by atoms with Crippen LogP contribution in [0.25, 0.3) is 0 Å². The van der Waals surface area contributed by atoms with Crippen LogP contribution in [0, 0.1) is 0 Å². The Labute approximate surface area is 121 Å². The second-order valence-electron chi connectivity index (χ2n) is 6.17. The molecule has 2 aliphatic rings. The van der Waals surface area contributed by atoms with Crippen LogP contribution in [-0.4, -0.2) is 19.3 Å².